The average molecular weight is 380 g/mol. The van der Waals surface area contributed by atoms with E-state index in [1.807, 2.05) is 0 Å². The van der Waals surface area contributed by atoms with E-state index >= 15 is 0 Å². The van der Waals surface area contributed by atoms with Crippen LogP contribution in [0.15, 0.2) is 30.5 Å². The van der Waals surface area contributed by atoms with E-state index < -0.39 is 0 Å². The van der Waals surface area contributed by atoms with Crippen molar-refractivity contribution in [1.29, 1.82) is 5.26 Å². The molecule has 0 saturated heterocycles. The van der Waals surface area contributed by atoms with E-state index in [2.05, 4.69) is 6.07 Å². The molecule has 3 nitrogen and oxygen atoms in total. The van der Waals surface area contributed by atoms with Crippen molar-refractivity contribution in [2.75, 3.05) is 11.9 Å². The largest absolute Gasteiger partial charge is 0.510 e. The summed E-state index contributed by atoms with van der Waals surface area (Å²) in [5.41, 5.74) is -0.198. The van der Waals surface area contributed by atoms with Crippen molar-refractivity contribution in [2.24, 2.45) is 0 Å². The minimum absolute atomic E-state index is 0. The molecule has 0 spiro atoms. The average Bonchev–Trinajstić information content (AvgIpc) is 2.62. The van der Waals surface area contributed by atoms with E-state index in [1.165, 1.54) is 16.5 Å². The monoisotopic (exact) mass is 381 g/mol. The van der Waals surface area contributed by atoms with Crippen LogP contribution in [0.5, 0.6) is 0 Å². The molecule has 0 bridgehead atoms. The molecule has 1 aliphatic rings. The quantitative estimate of drug-likeness (QED) is 0.695. The van der Waals surface area contributed by atoms with Gasteiger partial charge in [-0.25, -0.2) is 5.26 Å². The van der Waals surface area contributed by atoms with Crippen molar-refractivity contribution in [3.63, 3.8) is 0 Å². The Kier molecular flexibility index (Phi) is 2.09. The second kappa shape index (κ2) is 4.97. The number of rotatable bonds is 1. The number of anilines is 1. The maximum atomic E-state index is 8.82. The molecule has 0 aromatic heterocycles. The summed E-state index contributed by atoms with van der Waals surface area (Å²) in [6.45, 7) is 1.40. The zero-order valence-electron chi connectivity index (χ0n) is 12.8. The summed E-state index contributed by atoms with van der Waals surface area (Å²) in [7, 11) is 1.58. The fraction of sp³-hybridized carbons (Fsp3) is 0.0909. The van der Waals surface area contributed by atoms with Crippen molar-refractivity contribution >= 4 is 5.69 Å². The van der Waals surface area contributed by atoms with Gasteiger partial charge in [0.2, 0.25) is 0 Å². The molecule has 1 aliphatic heterocycles. The molecule has 0 unspecified atom stereocenters. The van der Waals surface area contributed by atoms with Gasteiger partial charge < -0.3 is 9.80 Å². The standard InChI is InChI=1S/C11H9N3.Ir/c1-13-6-7-14(9-13)11-4-2-10(8-12)3-5-11;/h2-4,6-7,9H,1H3;/q-2;/i2D,3D,4D,6D,7D;. The van der Waals surface area contributed by atoms with Gasteiger partial charge in [-0.3, -0.25) is 0 Å². The Morgan fingerprint density at radius 2 is 2.33 bits per heavy atom. The van der Waals surface area contributed by atoms with E-state index in [1.54, 1.807) is 13.1 Å². The molecule has 1 heterocycles. The van der Waals surface area contributed by atoms with Gasteiger partial charge in [-0.15, -0.1) is 11.7 Å². The van der Waals surface area contributed by atoms with Crippen LogP contribution in [0.4, 0.5) is 5.69 Å². The third-order valence-corrected chi connectivity index (χ3v) is 1.60. The minimum Gasteiger partial charge on any atom is -0.510 e. The number of nitriles is 1. The molecule has 1 aromatic rings. The SMILES string of the molecule is [2H]C1=C([2H])N(c2[c-]c([2H])c(C#N)c([2H])c2[2H])[CH-]N1C.[Ir]. The van der Waals surface area contributed by atoms with Crippen LogP contribution in [0.2, 0.25) is 0 Å². The van der Waals surface area contributed by atoms with Gasteiger partial charge in [0.15, 0.2) is 0 Å². The molecule has 0 saturated carbocycles. The van der Waals surface area contributed by atoms with Crippen LogP contribution >= 0.6 is 0 Å². The predicted octanol–water partition coefficient (Wildman–Crippen LogP) is 1.70. The smallest absolute Gasteiger partial charge is 0.0806 e. The van der Waals surface area contributed by atoms with Crippen molar-refractivity contribution < 1.29 is 27.0 Å². The van der Waals surface area contributed by atoms with Crippen LogP contribution < -0.4 is 4.90 Å². The van der Waals surface area contributed by atoms with Gasteiger partial charge in [-0.2, -0.15) is 24.8 Å². The summed E-state index contributed by atoms with van der Waals surface area (Å²) < 4.78 is 38.5. The summed E-state index contributed by atoms with van der Waals surface area (Å²) in [6, 6.07) is 3.25. The molecule has 1 radical (unpaired) electrons. The summed E-state index contributed by atoms with van der Waals surface area (Å²) in [5.74, 6) is 0. The number of hydrogen-bond acceptors (Lipinski definition) is 3. The molecule has 0 amide bonds. The molecule has 0 atom stereocenters. The molecular weight excluding hydrogens is 366 g/mol. The summed E-state index contributed by atoms with van der Waals surface area (Å²) in [4.78, 5) is 2.57. The van der Waals surface area contributed by atoms with Crippen LogP contribution in [0.1, 0.15) is 12.4 Å². The first-order chi connectivity index (χ1) is 8.88. The third kappa shape index (κ3) is 2.59. The maximum Gasteiger partial charge on any atom is 0.0806 e. The Bertz CT molecular complexity index is 625. The first-order valence-electron chi connectivity index (χ1n) is 6.36. The van der Waals surface area contributed by atoms with Gasteiger partial charge in [0, 0.05) is 28.9 Å². The summed E-state index contributed by atoms with van der Waals surface area (Å²) in [5, 5.41) is 8.82. The maximum absolute atomic E-state index is 8.82. The van der Waals surface area contributed by atoms with E-state index in [0.717, 1.165) is 0 Å². The Morgan fingerprint density at radius 3 is 2.93 bits per heavy atom. The van der Waals surface area contributed by atoms with Crippen LogP contribution in [0.3, 0.4) is 0 Å². The van der Waals surface area contributed by atoms with Crippen molar-refractivity contribution in [1.82, 2.24) is 4.90 Å². The molecule has 4 heteroatoms. The van der Waals surface area contributed by atoms with Crippen LogP contribution in [-0.2, 0) is 20.1 Å². The second-order valence-corrected chi connectivity index (χ2v) is 2.66. The Labute approximate surface area is 110 Å². The van der Waals surface area contributed by atoms with E-state index in [-0.39, 0.29) is 61.8 Å². The van der Waals surface area contributed by atoms with Gasteiger partial charge in [0.25, 0.3) is 0 Å². The number of hydrogen-bond donors (Lipinski definition) is 0. The van der Waals surface area contributed by atoms with E-state index in [0.29, 0.717) is 0 Å². The molecule has 79 valence electrons. The predicted molar refractivity (Wildman–Crippen MR) is 53.7 cm³/mol. The second-order valence-electron chi connectivity index (χ2n) is 2.66. The van der Waals surface area contributed by atoms with Gasteiger partial charge >= 0.3 is 0 Å². The van der Waals surface area contributed by atoms with Crippen LogP contribution in [-0.4, -0.2) is 11.9 Å². The van der Waals surface area contributed by atoms with Crippen LogP contribution in [0, 0.1) is 24.1 Å². The van der Waals surface area contributed by atoms with E-state index in [9.17, 15) is 0 Å². The molecule has 2 rings (SSSR count). The fourth-order valence-electron chi connectivity index (χ4n) is 0.960. The first-order valence-corrected chi connectivity index (χ1v) is 3.86. The number of nitrogens with zero attached hydrogens (tertiary/aromatic N) is 3. The summed E-state index contributed by atoms with van der Waals surface area (Å²) >= 11 is 0. The van der Waals surface area contributed by atoms with Gasteiger partial charge in [-0.1, -0.05) is 5.56 Å². The van der Waals surface area contributed by atoms with Gasteiger partial charge in [-0.05, 0) is 20.8 Å². The van der Waals surface area contributed by atoms with Gasteiger partial charge in [0.05, 0.1) is 2.74 Å². The fourth-order valence-corrected chi connectivity index (χ4v) is 0.960. The Morgan fingerprint density at radius 1 is 1.53 bits per heavy atom. The molecule has 0 fully saturated rings. The Hall–Kier alpha value is -1.30. The van der Waals surface area contributed by atoms with E-state index in [4.69, 9.17) is 12.1 Å². The van der Waals surface area contributed by atoms with Gasteiger partial charge in [0.1, 0.15) is 0 Å². The molecule has 0 aliphatic carbocycles. The molecular formula is C11H9IrN3-2. The Balaban J connectivity index is 0.00000200. The van der Waals surface area contributed by atoms with Crippen molar-refractivity contribution in [3.8, 4) is 6.07 Å². The topological polar surface area (TPSA) is 30.3 Å². The van der Waals surface area contributed by atoms with Crippen molar-refractivity contribution in [2.45, 2.75) is 0 Å². The van der Waals surface area contributed by atoms with Crippen molar-refractivity contribution in [3.05, 3.63) is 48.8 Å². The minimum atomic E-state index is -0.372. The zero-order valence-corrected chi connectivity index (χ0v) is 10.1. The molecule has 1 aromatic carbocycles. The first kappa shape index (κ1) is 6.32. The number of benzene rings is 1. The molecule has 0 N–H and O–H groups in total. The zero-order chi connectivity index (χ0) is 14.3. The normalized spacial score (nSPS) is 19.6. The van der Waals surface area contributed by atoms with Crippen LogP contribution in [0.25, 0.3) is 0 Å². The third-order valence-electron chi connectivity index (χ3n) is 1.60. The summed E-state index contributed by atoms with van der Waals surface area (Å²) in [6.07, 6.45) is -0.231. The molecule has 15 heavy (non-hydrogen) atoms.